The minimum Gasteiger partial charge on any atom is -0.309 e. The summed E-state index contributed by atoms with van der Waals surface area (Å²) < 4.78 is 4.87. The maximum Gasteiger partial charge on any atom is 0.160 e. The first-order valence-corrected chi connectivity index (χ1v) is 20.5. The number of fused-ring (bicyclic) bond motifs is 12. The lowest BCUT2D eigenvalue weighted by molar-refractivity contribution is 1.16. The highest BCUT2D eigenvalue weighted by atomic mass is 15.0. The van der Waals surface area contributed by atoms with E-state index in [-0.39, 0.29) is 0 Å². The van der Waals surface area contributed by atoms with Crippen molar-refractivity contribution in [1.82, 2.24) is 19.1 Å². The van der Waals surface area contributed by atoms with Crippen LogP contribution >= 0.6 is 0 Å². The highest BCUT2D eigenvalue weighted by molar-refractivity contribution is 6.28. The van der Waals surface area contributed by atoms with Crippen LogP contribution in [0.4, 0.5) is 0 Å². The maximum atomic E-state index is 5.27. The molecule has 0 atom stereocenters. The van der Waals surface area contributed by atoms with Gasteiger partial charge in [0.2, 0.25) is 0 Å². The van der Waals surface area contributed by atoms with Crippen molar-refractivity contribution in [3.05, 3.63) is 206 Å². The zero-order valence-electron chi connectivity index (χ0n) is 32.4. The van der Waals surface area contributed by atoms with E-state index in [2.05, 4.69) is 215 Å². The van der Waals surface area contributed by atoms with Crippen LogP contribution in [0.2, 0.25) is 0 Å². The molecule has 0 aliphatic heterocycles. The van der Waals surface area contributed by atoms with Gasteiger partial charge < -0.3 is 9.13 Å². The van der Waals surface area contributed by atoms with Crippen LogP contribution in [0.25, 0.3) is 121 Å². The van der Waals surface area contributed by atoms with Gasteiger partial charge in [-0.15, -0.1) is 0 Å². The van der Waals surface area contributed by atoms with E-state index in [1.54, 1.807) is 0 Å². The highest BCUT2D eigenvalue weighted by Crippen LogP contribution is 2.44. The number of aromatic nitrogens is 4. The van der Waals surface area contributed by atoms with Crippen LogP contribution in [0.3, 0.4) is 0 Å². The van der Waals surface area contributed by atoms with E-state index in [9.17, 15) is 0 Å². The molecule has 4 heteroatoms. The van der Waals surface area contributed by atoms with Gasteiger partial charge in [0.1, 0.15) is 0 Å². The van der Waals surface area contributed by atoms with Gasteiger partial charge in [0, 0.05) is 49.4 Å². The molecule has 278 valence electrons. The van der Waals surface area contributed by atoms with Crippen molar-refractivity contribution >= 4 is 86.8 Å². The lowest BCUT2D eigenvalue weighted by Crippen LogP contribution is -1.97. The minimum atomic E-state index is 0.706. The van der Waals surface area contributed by atoms with Crippen molar-refractivity contribution in [3.63, 3.8) is 0 Å². The van der Waals surface area contributed by atoms with E-state index in [1.807, 2.05) is 0 Å². The molecule has 0 radical (unpaired) electrons. The summed E-state index contributed by atoms with van der Waals surface area (Å²) in [5.74, 6) is 0.706. The molecule has 60 heavy (non-hydrogen) atoms. The molecule has 0 fully saturated rings. The first-order chi connectivity index (χ1) is 29.7. The van der Waals surface area contributed by atoms with E-state index in [4.69, 9.17) is 9.97 Å². The normalized spacial score (nSPS) is 12.0. The second-order valence-corrected chi connectivity index (χ2v) is 15.8. The third-order valence-electron chi connectivity index (χ3n) is 12.5. The summed E-state index contributed by atoms with van der Waals surface area (Å²) in [6.07, 6.45) is 0. The maximum absolute atomic E-state index is 5.27. The van der Waals surface area contributed by atoms with Crippen LogP contribution in [-0.4, -0.2) is 19.1 Å². The van der Waals surface area contributed by atoms with Crippen LogP contribution in [0.1, 0.15) is 0 Å². The summed E-state index contributed by atoms with van der Waals surface area (Å²) in [5, 5.41) is 13.4. The van der Waals surface area contributed by atoms with Gasteiger partial charge in [0.25, 0.3) is 0 Å². The number of para-hydroxylation sites is 2. The molecule has 3 heterocycles. The van der Waals surface area contributed by atoms with E-state index >= 15 is 0 Å². The quantitative estimate of drug-likeness (QED) is 0.179. The van der Waals surface area contributed by atoms with Crippen LogP contribution < -0.4 is 0 Å². The van der Waals surface area contributed by atoms with Crippen molar-refractivity contribution in [1.29, 1.82) is 0 Å². The van der Waals surface area contributed by atoms with Gasteiger partial charge >= 0.3 is 0 Å². The Morgan fingerprint density at radius 3 is 1.48 bits per heavy atom. The average Bonchev–Trinajstić information content (AvgIpc) is 3.83. The van der Waals surface area contributed by atoms with Gasteiger partial charge in [-0.1, -0.05) is 133 Å². The fraction of sp³-hybridized carbons (Fsp3) is 0. The molecule has 10 aromatic carbocycles. The molecule has 0 saturated carbocycles. The molecule has 0 spiro atoms. The molecular weight excluding hydrogens is 729 g/mol. The summed E-state index contributed by atoms with van der Waals surface area (Å²) in [5.41, 5.74) is 10.8. The van der Waals surface area contributed by atoms with Gasteiger partial charge in [-0.3, -0.25) is 0 Å². The van der Waals surface area contributed by atoms with Gasteiger partial charge in [-0.25, -0.2) is 9.97 Å². The molecule has 0 aliphatic rings. The Labute approximate surface area is 344 Å². The van der Waals surface area contributed by atoms with Gasteiger partial charge in [-0.05, 0) is 105 Å². The van der Waals surface area contributed by atoms with Gasteiger partial charge in [0.05, 0.1) is 33.3 Å². The fourth-order valence-electron chi connectivity index (χ4n) is 9.72. The molecule has 3 aromatic heterocycles. The largest absolute Gasteiger partial charge is 0.309 e. The predicted molar refractivity (Wildman–Crippen MR) is 252 cm³/mol. The summed E-state index contributed by atoms with van der Waals surface area (Å²) in [4.78, 5) is 10.4. The van der Waals surface area contributed by atoms with E-state index < -0.39 is 0 Å². The molecule has 4 nitrogen and oxygen atoms in total. The first kappa shape index (κ1) is 32.9. The van der Waals surface area contributed by atoms with Crippen molar-refractivity contribution in [3.8, 4) is 34.0 Å². The smallest absolute Gasteiger partial charge is 0.160 e. The van der Waals surface area contributed by atoms with Crippen molar-refractivity contribution < 1.29 is 0 Å². The Hall–Kier alpha value is -8.08. The summed E-state index contributed by atoms with van der Waals surface area (Å²) in [7, 11) is 0. The molecule has 0 saturated heterocycles. The molecule has 0 bridgehead atoms. The number of hydrogen-bond donors (Lipinski definition) is 0. The third-order valence-corrected chi connectivity index (χ3v) is 12.5. The standard InChI is InChI=1S/C56H34N4/c1-2-16-41(17-3-1)59-49-30-26-36-13-6-8-18-43(36)53(49)46-33-47-52(34-51(46)59)60(50-31-27-37-14-7-9-19-44(37)54(47)50)42-28-24-38(25-29-42)56-57-48-21-11-10-20-45(48)55(58-56)40-23-22-35-12-4-5-15-39(35)32-40/h1-34H. The Kier molecular flexibility index (Phi) is 6.98. The zero-order valence-corrected chi connectivity index (χ0v) is 32.4. The first-order valence-electron chi connectivity index (χ1n) is 20.5. The zero-order chi connectivity index (χ0) is 39.3. The Balaban J connectivity index is 1.06. The van der Waals surface area contributed by atoms with E-state index in [1.165, 1.54) is 70.4 Å². The molecule has 13 rings (SSSR count). The van der Waals surface area contributed by atoms with Crippen LogP contribution in [0.5, 0.6) is 0 Å². The molecular formula is C56H34N4. The summed E-state index contributed by atoms with van der Waals surface area (Å²) >= 11 is 0. The summed E-state index contributed by atoms with van der Waals surface area (Å²) in [6.45, 7) is 0. The van der Waals surface area contributed by atoms with Gasteiger partial charge in [0.15, 0.2) is 5.82 Å². The topological polar surface area (TPSA) is 35.6 Å². The fourth-order valence-corrected chi connectivity index (χ4v) is 9.72. The summed E-state index contributed by atoms with van der Waals surface area (Å²) in [6, 6.07) is 74.4. The number of rotatable bonds is 4. The van der Waals surface area contributed by atoms with Crippen LogP contribution in [0, 0.1) is 0 Å². The molecule has 13 aromatic rings. The number of benzene rings is 10. The number of hydrogen-bond acceptors (Lipinski definition) is 2. The molecule has 0 amide bonds. The van der Waals surface area contributed by atoms with Crippen molar-refractivity contribution in [2.45, 2.75) is 0 Å². The Bertz CT molecular complexity index is 3880. The molecule has 0 aliphatic carbocycles. The Morgan fingerprint density at radius 2 is 0.817 bits per heavy atom. The van der Waals surface area contributed by atoms with Crippen molar-refractivity contribution in [2.75, 3.05) is 0 Å². The third kappa shape index (κ3) is 4.85. The van der Waals surface area contributed by atoms with Gasteiger partial charge in [-0.2, -0.15) is 0 Å². The van der Waals surface area contributed by atoms with Crippen LogP contribution in [-0.2, 0) is 0 Å². The monoisotopic (exact) mass is 762 g/mol. The van der Waals surface area contributed by atoms with E-state index in [0.29, 0.717) is 5.82 Å². The predicted octanol–water partition coefficient (Wildman–Crippen LogP) is 14.6. The lowest BCUT2D eigenvalue weighted by Gasteiger charge is -2.12. The molecule has 0 N–H and O–H groups in total. The van der Waals surface area contributed by atoms with Crippen LogP contribution in [0.15, 0.2) is 206 Å². The number of nitrogens with zero attached hydrogens (tertiary/aromatic N) is 4. The second kappa shape index (κ2) is 12.7. The van der Waals surface area contributed by atoms with E-state index in [0.717, 1.165) is 44.6 Å². The SMILES string of the molecule is c1ccc(-n2c3cc4c(cc3c3c5ccccc5ccc32)c2c3ccccc3ccc2n4-c2ccc(-c3nc(-c4ccc5ccccc5c4)c4ccccc4n3)cc2)cc1. The highest BCUT2D eigenvalue weighted by Gasteiger charge is 2.21. The van der Waals surface area contributed by atoms with Crippen molar-refractivity contribution in [2.24, 2.45) is 0 Å². The lowest BCUT2D eigenvalue weighted by atomic mass is 10.0. The Morgan fingerprint density at radius 1 is 0.300 bits per heavy atom. The minimum absolute atomic E-state index is 0.706. The second-order valence-electron chi connectivity index (χ2n) is 15.8. The molecule has 0 unspecified atom stereocenters. The average molecular weight is 763 g/mol.